The average Bonchev–Trinajstić information content (AvgIpc) is 2.24. The van der Waals surface area contributed by atoms with Crippen LogP contribution >= 0.6 is 0 Å². The van der Waals surface area contributed by atoms with E-state index < -0.39 is 0 Å². The van der Waals surface area contributed by atoms with E-state index in [1.807, 2.05) is 0 Å². The second-order valence-electron chi connectivity index (χ2n) is 3.85. The summed E-state index contributed by atoms with van der Waals surface area (Å²) >= 11 is 0. The molecule has 0 aromatic rings. The van der Waals surface area contributed by atoms with Crippen LogP contribution in [0.1, 0.15) is 39.5 Å². The van der Waals surface area contributed by atoms with Crippen molar-refractivity contribution >= 4 is 0 Å². The molecule has 0 amide bonds. The van der Waals surface area contributed by atoms with Crippen LogP contribution in [0.5, 0.6) is 0 Å². The normalized spacial score (nSPS) is 13.0. The first-order chi connectivity index (χ1) is 7.35. The van der Waals surface area contributed by atoms with Crippen LogP contribution in [-0.2, 0) is 9.47 Å². The molecule has 0 rings (SSSR count). The molecule has 0 spiro atoms. The third kappa shape index (κ3) is 10.2. The molecule has 0 radical (unpaired) electrons. The lowest BCUT2D eigenvalue weighted by Gasteiger charge is -2.16. The van der Waals surface area contributed by atoms with E-state index >= 15 is 0 Å². The van der Waals surface area contributed by atoms with Gasteiger partial charge in [0, 0.05) is 13.7 Å². The maximum atomic E-state index is 5.60. The first-order valence-corrected chi connectivity index (χ1v) is 6.15. The van der Waals surface area contributed by atoms with Gasteiger partial charge in [-0.15, -0.1) is 0 Å². The van der Waals surface area contributed by atoms with E-state index in [4.69, 9.17) is 9.47 Å². The van der Waals surface area contributed by atoms with Crippen molar-refractivity contribution in [3.63, 3.8) is 0 Å². The summed E-state index contributed by atoms with van der Waals surface area (Å²) in [5.74, 6) is 0. The molecule has 0 fully saturated rings. The largest absolute Gasteiger partial charge is 0.383 e. The second-order valence-corrected chi connectivity index (χ2v) is 3.85. The van der Waals surface area contributed by atoms with Crippen molar-refractivity contribution in [3.8, 4) is 0 Å². The van der Waals surface area contributed by atoms with Crippen LogP contribution in [0, 0.1) is 0 Å². The maximum Gasteiger partial charge on any atom is 0.0642 e. The maximum absolute atomic E-state index is 5.60. The van der Waals surface area contributed by atoms with Gasteiger partial charge < -0.3 is 14.8 Å². The first-order valence-electron chi connectivity index (χ1n) is 6.15. The summed E-state index contributed by atoms with van der Waals surface area (Å²) in [5, 5.41) is 3.34. The second kappa shape index (κ2) is 12.0. The fraction of sp³-hybridized carbons (Fsp3) is 1.00. The minimum Gasteiger partial charge on any atom is -0.383 e. The number of ether oxygens (including phenoxy) is 2. The molecule has 0 heterocycles. The summed E-state index contributed by atoms with van der Waals surface area (Å²) in [6, 6.07) is 0.339. The van der Waals surface area contributed by atoms with Crippen LogP contribution in [0.2, 0.25) is 0 Å². The molecule has 0 saturated heterocycles. The molecule has 15 heavy (non-hydrogen) atoms. The Labute approximate surface area is 94.5 Å². The van der Waals surface area contributed by atoms with Crippen molar-refractivity contribution in [2.75, 3.05) is 33.5 Å². The van der Waals surface area contributed by atoms with E-state index in [0.29, 0.717) is 6.04 Å². The zero-order valence-corrected chi connectivity index (χ0v) is 10.6. The molecule has 0 aliphatic heterocycles. The number of nitrogens with one attached hydrogen (secondary N) is 1. The highest BCUT2D eigenvalue weighted by Crippen LogP contribution is 1.99. The summed E-state index contributed by atoms with van der Waals surface area (Å²) in [6.07, 6.45) is 5.06. The zero-order valence-electron chi connectivity index (χ0n) is 10.6. The summed E-state index contributed by atoms with van der Waals surface area (Å²) < 4.78 is 10.7. The Morgan fingerprint density at radius 3 is 2.47 bits per heavy atom. The molecular weight excluding hydrogens is 190 g/mol. The molecule has 0 aromatic heterocycles. The number of methoxy groups -OCH3 is 1. The monoisotopic (exact) mass is 217 g/mol. The Hall–Kier alpha value is -0.120. The van der Waals surface area contributed by atoms with Crippen LogP contribution < -0.4 is 5.32 Å². The Kier molecular flexibility index (Phi) is 11.9. The molecule has 92 valence electrons. The quantitative estimate of drug-likeness (QED) is 0.538. The van der Waals surface area contributed by atoms with Gasteiger partial charge in [0.15, 0.2) is 0 Å². The van der Waals surface area contributed by atoms with E-state index in [1.54, 1.807) is 7.11 Å². The molecule has 3 heteroatoms. The van der Waals surface area contributed by atoms with Crippen molar-refractivity contribution < 1.29 is 9.47 Å². The van der Waals surface area contributed by atoms with Gasteiger partial charge in [0.25, 0.3) is 0 Å². The number of likely N-dealkylation sites (N-methyl/N-ethyl adjacent to an activating group) is 1. The van der Waals surface area contributed by atoms with Crippen molar-refractivity contribution in [1.29, 1.82) is 0 Å². The molecule has 0 saturated carbocycles. The predicted octanol–water partition coefficient (Wildman–Crippen LogP) is 2.21. The summed E-state index contributed by atoms with van der Waals surface area (Å²) in [6.45, 7) is 7.65. The number of hydrogen-bond donors (Lipinski definition) is 1. The van der Waals surface area contributed by atoms with Gasteiger partial charge in [-0.3, -0.25) is 0 Å². The Morgan fingerprint density at radius 2 is 1.87 bits per heavy atom. The lowest BCUT2D eigenvalue weighted by atomic mass is 10.2. The van der Waals surface area contributed by atoms with Gasteiger partial charge in [-0.2, -0.15) is 0 Å². The molecule has 1 unspecified atom stereocenters. The van der Waals surface area contributed by atoms with Crippen LogP contribution in [-0.4, -0.2) is 39.5 Å². The molecule has 0 bridgehead atoms. The van der Waals surface area contributed by atoms with E-state index in [1.165, 1.54) is 25.7 Å². The SMILES string of the molecule is CCCCCCOCC(COC)NCC. The topological polar surface area (TPSA) is 30.5 Å². The number of unbranched alkanes of at least 4 members (excludes halogenated alkanes) is 3. The lowest BCUT2D eigenvalue weighted by Crippen LogP contribution is -2.37. The van der Waals surface area contributed by atoms with Crippen molar-refractivity contribution in [2.45, 2.75) is 45.6 Å². The van der Waals surface area contributed by atoms with Crippen LogP contribution in [0.15, 0.2) is 0 Å². The van der Waals surface area contributed by atoms with Crippen LogP contribution in [0.3, 0.4) is 0 Å². The molecule has 0 aromatic carbocycles. The predicted molar refractivity (Wildman–Crippen MR) is 64.3 cm³/mol. The number of hydrogen-bond acceptors (Lipinski definition) is 3. The van der Waals surface area contributed by atoms with Gasteiger partial charge in [0.2, 0.25) is 0 Å². The van der Waals surface area contributed by atoms with E-state index in [-0.39, 0.29) is 0 Å². The zero-order chi connectivity index (χ0) is 11.4. The highest BCUT2D eigenvalue weighted by molar-refractivity contribution is 4.63. The Morgan fingerprint density at radius 1 is 1.07 bits per heavy atom. The molecular formula is C12H27NO2. The summed E-state index contributed by atoms with van der Waals surface area (Å²) in [4.78, 5) is 0. The van der Waals surface area contributed by atoms with E-state index in [0.717, 1.165) is 26.4 Å². The smallest absolute Gasteiger partial charge is 0.0642 e. The average molecular weight is 217 g/mol. The van der Waals surface area contributed by atoms with Gasteiger partial charge in [0.05, 0.1) is 19.3 Å². The van der Waals surface area contributed by atoms with Crippen molar-refractivity contribution in [2.24, 2.45) is 0 Å². The van der Waals surface area contributed by atoms with Gasteiger partial charge >= 0.3 is 0 Å². The van der Waals surface area contributed by atoms with Crippen LogP contribution in [0.25, 0.3) is 0 Å². The van der Waals surface area contributed by atoms with Crippen LogP contribution in [0.4, 0.5) is 0 Å². The highest BCUT2D eigenvalue weighted by Gasteiger charge is 2.05. The third-order valence-corrected chi connectivity index (χ3v) is 2.32. The molecule has 0 aliphatic rings. The lowest BCUT2D eigenvalue weighted by molar-refractivity contribution is 0.0729. The minimum atomic E-state index is 0.339. The molecule has 0 aliphatic carbocycles. The number of rotatable bonds is 11. The highest BCUT2D eigenvalue weighted by atomic mass is 16.5. The minimum absolute atomic E-state index is 0.339. The fourth-order valence-electron chi connectivity index (χ4n) is 1.51. The summed E-state index contributed by atoms with van der Waals surface area (Å²) in [5.41, 5.74) is 0. The van der Waals surface area contributed by atoms with E-state index in [9.17, 15) is 0 Å². The van der Waals surface area contributed by atoms with Gasteiger partial charge in [0.1, 0.15) is 0 Å². The summed E-state index contributed by atoms with van der Waals surface area (Å²) in [7, 11) is 1.73. The Bertz CT molecular complexity index is 114. The molecule has 1 atom stereocenters. The van der Waals surface area contributed by atoms with Gasteiger partial charge in [-0.05, 0) is 13.0 Å². The fourth-order valence-corrected chi connectivity index (χ4v) is 1.51. The van der Waals surface area contributed by atoms with Crippen molar-refractivity contribution in [3.05, 3.63) is 0 Å². The molecule has 1 N–H and O–H groups in total. The standard InChI is InChI=1S/C12H27NO2/c1-4-6-7-8-9-15-11-12(10-14-3)13-5-2/h12-13H,4-11H2,1-3H3. The molecule has 3 nitrogen and oxygen atoms in total. The van der Waals surface area contributed by atoms with Gasteiger partial charge in [-0.25, -0.2) is 0 Å². The van der Waals surface area contributed by atoms with Crippen molar-refractivity contribution in [1.82, 2.24) is 5.32 Å². The Balaban J connectivity index is 3.28. The third-order valence-electron chi connectivity index (χ3n) is 2.32. The van der Waals surface area contributed by atoms with E-state index in [2.05, 4.69) is 19.2 Å². The van der Waals surface area contributed by atoms with Gasteiger partial charge in [-0.1, -0.05) is 33.1 Å². The first kappa shape index (κ1) is 14.9.